The van der Waals surface area contributed by atoms with Crippen molar-refractivity contribution in [2.24, 2.45) is 0 Å². The molecule has 3 rings (SSSR count). The van der Waals surface area contributed by atoms with Crippen LogP contribution in [0.4, 0.5) is 20.2 Å². The zero-order valence-corrected chi connectivity index (χ0v) is 13.3. The molecule has 0 unspecified atom stereocenters. The third-order valence-corrected chi connectivity index (χ3v) is 3.66. The first-order chi connectivity index (χ1) is 11.9. The molecule has 0 amide bonds. The maximum Gasteiger partial charge on any atom is 0.337 e. The van der Waals surface area contributed by atoms with Gasteiger partial charge in [-0.15, -0.1) is 0 Å². The molecule has 2 N–H and O–H groups in total. The van der Waals surface area contributed by atoms with Gasteiger partial charge in [-0.3, -0.25) is 4.98 Å². The summed E-state index contributed by atoms with van der Waals surface area (Å²) in [6.45, 7) is 1.81. The summed E-state index contributed by atoms with van der Waals surface area (Å²) < 4.78 is 26.8. The lowest BCUT2D eigenvalue weighted by atomic mass is 10.1. The molecule has 0 aliphatic carbocycles. The predicted molar refractivity (Wildman–Crippen MR) is 91.0 cm³/mol. The number of pyridine rings is 1. The van der Waals surface area contributed by atoms with Crippen LogP contribution in [0.1, 0.15) is 15.9 Å². The number of halogens is 2. The van der Waals surface area contributed by atoms with Gasteiger partial charge in [-0.2, -0.15) is 0 Å². The van der Waals surface area contributed by atoms with Crippen molar-refractivity contribution in [3.8, 4) is 11.3 Å². The van der Waals surface area contributed by atoms with Crippen LogP contribution in [-0.2, 0) is 0 Å². The van der Waals surface area contributed by atoms with Crippen molar-refractivity contribution in [2.75, 3.05) is 5.32 Å². The maximum atomic E-state index is 13.8. The molecule has 25 heavy (non-hydrogen) atoms. The fraction of sp³-hybridized carbons (Fsp3) is 0.0526. The molecular formula is C19H14F2N2O2. The Hall–Kier alpha value is -3.28. The molecule has 0 aliphatic rings. The Kier molecular flexibility index (Phi) is 4.43. The number of carboxylic acid groups (broad SMARTS) is 1. The Labute approximate surface area is 142 Å². The Balaban J connectivity index is 1.88. The second kappa shape index (κ2) is 6.68. The number of anilines is 2. The molecular weight excluding hydrogens is 326 g/mol. The molecule has 0 saturated carbocycles. The van der Waals surface area contributed by atoms with Crippen LogP contribution in [0, 0.1) is 18.6 Å². The lowest BCUT2D eigenvalue weighted by molar-refractivity contribution is 0.0698. The highest BCUT2D eigenvalue weighted by Gasteiger charge is 2.11. The standard InChI is InChI=1S/C19H14F2N2O2/c1-11-2-6-18(15(8-11)19(24)25)23-13-4-7-17(22-10-13)14-5-3-12(20)9-16(14)21/h2-10,23H,1H3,(H,24,25). The SMILES string of the molecule is Cc1ccc(Nc2ccc(-c3ccc(F)cc3F)nc2)c(C(=O)O)c1. The normalized spacial score (nSPS) is 10.5. The number of rotatable bonds is 4. The third kappa shape index (κ3) is 3.63. The van der Waals surface area contributed by atoms with Crippen molar-refractivity contribution in [1.29, 1.82) is 0 Å². The van der Waals surface area contributed by atoms with Gasteiger partial charge in [-0.1, -0.05) is 11.6 Å². The Morgan fingerprint density at radius 1 is 1.08 bits per heavy atom. The smallest absolute Gasteiger partial charge is 0.337 e. The molecule has 0 saturated heterocycles. The number of aryl methyl sites for hydroxylation is 1. The van der Waals surface area contributed by atoms with E-state index in [-0.39, 0.29) is 11.1 Å². The topological polar surface area (TPSA) is 62.2 Å². The molecule has 2 aromatic carbocycles. The van der Waals surface area contributed by atoms with E-state index in [4.69, 9.17) is 0 Å². The third-order valence-electron chi connectivity index (χ3n) is 3.66. The summed E-state index contributed by atoms with van der Waals surface area (Å²) >= 11 is 0. The first-order valence-corrected chi connectivity index (χ1v) is 7.46. The fourth-order valence-corrected chi connectivity index (χ4v) is 2.42. The molecule has 0 fully saturated rings. The van der Waals surface area contributed by atoms with Gasteiger partial charge in [0.2, 0.25) is 0 Å². The van der Waals surface area contributed by atoms with Gasteiger partial charge in [0.15, 0.2) is 0 Å². The Morgan fingerprint density at radius 2 is 1.88 bits per heavy atom. The van der Waals surface area contributed by atoms with Crippen molar-refractivity contribution in [3.63, 3.8) is 0 Å². The number of hydrogen-bond acceptors (Lipinski definition) is 3. The number of carbonyl (C=O) groups is 1. The van der Waals surface area contributed by atoms with Crippen LogP contribution in [0.25, 0.3) is 11.3 Å². The summed E-state index contributed by atoms with van der Waals surface area (Å²) in [5.41, 5.74) is 2.51. The van der Waals surface area contributed by atoms with Crippen molar-refractivity contribution in [2.45, 2.75) is 6.92 Å². The summed E-state index contributed by atoms with van der Waals surface area (Å²) in [5, 5.41) is 12.3. The Bertz CT molecular complexity index is 941. The van der Waals surface area contributed by atoms with Crippen molar-refractivity contribution < 1.29 is 18.7 Å². The van der Waals surface area contributed by atoms with Crippen LogP contribution in [0.5, 0.6) is 0 Å². The van der Waals surface area contributed by atoms with E-state index in [0.717, 1.165) is 17.7 Å². The average Bonchev–Trinajstić information content (AvgIpc) is 2.57. The number of aromatic nitrogens is 1. The number of hydrogen-bond donors (Lipinski definition) is 2. The van der Waals surface area contributed by atoms with Gasteiger partial charge in [0.1, 0.15) is 11.6 Å². The quantitative estimate of drug-likeness (QED) is 0.718. The summed E-state index contributed by atoms with van der Waals surface area (Å²) in [6, 6.07) is 11.6. The fourth-order valence-electron chi connectivity index (χ4n) is 2.42. The molecule has 126 valence electrons. The highest BCUT2D eigenvalue weighted by atomic mass is 19.1. The molecule has 0 atom stereocenters. The molecule has 0 spiro atoms. The van der Waals surface area contributed by atoms with Gasteiger partial charge >= 0.3 is 5.97 Å². The molecule has 3 aromatic rings. The van der Waals surface area contributed by atoms with Gasteiger partial charge < -0.3 is 10.4 Å². The van der Waals surface area contributed by atoms with E-state index >= 15 is 0 Å². The van der Waals surface area contributed by atoms with E-state index in [1.54, 1.807) is 30.3 Å². The minimum atomic E-state index is -1.04. The van der Waals surface area contributed by atoms with E-state index in [9.17, 15) is 18.7 Å². The zero-order chi connectivity index (χ0) is 18.0. The Morgan fingerprint density at radius 3 is 2.52 bits per heavy atom. The first-order valence-electron chi connectivity index (χ1n) is 7.46. The van der Waals surface area contributed by atoms with Gasteiger partial charge in [0.05, 0.1) is 28.8 Å². The summed E-state index contributed by atoms with van der Waals surface area (Å²) in [4.78, 5) is 15.5. The lowest BCUT2D eigenvalue weighted by Gasteiger charge is -2.11. The summed E-state index contributed by atoms with van der Waals surface area (Å²) in [6.07, 6.45) is 1.46. The van der Waals surface area contributed by atoms with Gasteiger partial charge in [-0.05, 0) is 43.3 Å². The molecule has 0 bridgehead atoms. The molecule has 6 heteroatoms. The molecule has 1 heterocycles. The monoisotopic (exact) mass is 340 g/mol. The number of nitrogens with one attached hydrogen (secondary N) is 1. The number of aromatic carboxylic acids is 1. The first kappa shape index (κ1) is 16.6. The van der Waals surface area contributed by atoms with Crippen LogP contribution < -0.4 is 5.32 Å². The van der Waals surface area contributed by atoms with E-state index < -0.39 is 17.6 Å². The van der Waals surface area contributed by atoms with Crippen LogP contribution in [-0.4, -0.2) is 16.1 Å². The van der Waals surface area contributed by atoms with Crippen LogP contribution in [0.3, 0.4) is 0 Å². The van der Waals surface area contributed by atoms with E-state index in [1.165, 1.54) is 12.3 Å². The summed E-state index contributed by atoms with van der Waals surface area (Å²) in [7, 11) is 0. The van der Waals surface area contributed by atoms with Gasteiger partial charge in [-0.25, -0.2) is 13.6 Å². The van der Waals surface area contributed by atoms with Crippen LogP contribution >= 0.6 is 0 Å². The lowest BCUT2D eigenvalue weighted by Crippen LogP contribution is -2.03. The predicted octanol–water partition coefficient (Wildman–Crippen LogP) is 4.78. The molecule has 0 radical (unpaired) electrons. The largest absolute Gasteiger partial charge is 0.478 e. The van der Waals surface area contributed by atoms with Crippen molar-refractivity contribution in [1.82, 2.24) is 4.98 Å². The molecule has 4 nitrogen and oxygen atoms in total. The van der Waals surface area contributed by atoms with Gasteiger partial charge in [0, 0.05) is 11.6 Å². The highest BCUT2D eigenvalue weighted by molar-refractivity contribution is 5.95. The van der Waals surface area contributed by atoms with Gasteiger partial charge in [0.25, 0.3) is 0 Å². The second-order valence-electron chi connectivity index (χ2n) is 5.54. The minimum absolute atomic E-state index is 0.147. The van der Waals surface area contributed by atoms with Crippen LogP contribution in [0.2, 0.25) is 0 Å². The van der Waals surface area contributed by atoms with Crippen molar-refractivity contribution >= 4 is 17.3 Å². The molecule has 1 aromatic heterocycles. The average molecular weight is 340 g/mol. The second-order valence-corrected chi connectivity index (χ2v) is 5.54. The van der Waals surface area contributed by atoms with E-state index in [0.29, 0.717) is 17.1 Å². The maximum absolute atomic E-state index is 13.8. The van der Waals surface area contributed by atoms with Crippen molar-refractivity contribution in [3.05, 3.63) is 77.5 Å². The number of benzene rings is 2. The van der Waals surface area contributed by atoms with Crippen LogP contribution in [0.15, 0.2) is 54.7 Å². The summed E-state index contributed by atoms with van der Waals surface area (Å²) in [5.74, 6) is -2.39. The number of carboxylic acids is 1. The molecule has 0 aliphatic heterocycles. The van der Waals surface area contributed by atoms with E-state index in [1.807, 2.05) is 6.92 Å². The highest BCUT2D eigenvalue weighted by Crippen LogP contribution is 2.25. The number of nitrogens with zero attached hydrogens (tertiary/aromatic N) is 1. The minimum Gasteiger partial charge on any atom is -0.478 e. The zero-order valence-electron chi connectivity index (χ0n) is 13.3. The van der Waals surface area contributed by atoms with E-state index in [2.05, 4.69) is 10.3 Å².